The molecule has 1 N–H and O–H groups in total. The highest BCUT2D eigenvalue weighted by Gasteiger charge is 2.51. The van der Waals surface area contributed by atoms with Crippen LogP contribution in [0.2, 0.25) is 0 Å². The van der Waals surface area contributed by atoms with Crippen molar-refractivity contribution in [2.24, 2.45) is 15.6 Å². The summed E-state index contributed by atoms with van der Waals surface area (Å²) in [5.41, 5.74) is 2.80. The molecule has 0 amide bonds. The molecule has 0 radical (unpaired) electrons. The van der Waals surface area contributed by atoms with Crippen LogP contribution in [-0.2, 0) is 0 Å². The molecule has 0 saturated carbocycles. The number of nitrogens with zero attached hydrogens (tertiary/aromatic N) is 5. The Morgan fingerprint density at radius 2 is 1.44 bits per heavy atom. The first-order chi connectivity index (χ1) is 13.2. The fourth-order valence-corrected chi connectivity index (χ4v) is 4.75. The molecular weight excluding hydrogens is 338 g/mol. The maximum Gasteiger partial charge on any atom is 0.124 e. The van der Waals surface area contributed by atoms with Crippen molar-refractivity contribution in [2.75, 3.05) is 39.6 Å². The summed E-state index contributed by atoms with van der Waals surface area (Å²) in [5.74, 6) is 0.218. The number of para-hydroxylation sites is 1. The Morgan fingerprint density at radius 1 is 0.852 bits per heavy atom. The van der Waals surface area contributed by atoms with Crippen molar-refractivity contribution in [3.8, 4) is 5.75 Å². The molecule has 6 rings (SSSR count). The van der Waals surface area contributed by atoms with Gasteiger partial charge in [-0.1, -0.05) is 42.5 Å². The molecule has 4 bridgehead atoms. The van der Waals surface area contributed by atoms with Crippen LogP contribution >= 0.6 is 0 Å². The van der Waals surface area contributed by atoms with E-state index in [4.69, 9.17) is 5.10 Å². The first-order valence-electron chi connectivity index (χ1n) is 9.34. The van der Waals surface area contributed by atoms with E-state index in [9.17, 15) is 5.11 Å². The minimum atomic E-state index is -0.0355. The van der Waals surface area contributed by atoms with Crippen LogP contribution in [0.3, 0.4) is 0 Å². The van der Waals surface area contributed by atoms with E-state index in [0.717, 1.165) is 50.9 Å². The minimum Gasteiger partial charge on any atom is -0.507 e. The van der Waals surface area contributed by atoms with Gasteiger partial charge in [0.05, 0.1) is 37.3 Å². The lowest BCUT2D eigenvalue weighted by molar-refractivity contribution is -0.149. The largest absolute Gasteiger partial charge is 0.507 e. The molecule has 0 aromatic heterocycles. The zero-order valence-electron chi connectivity index (χ0n) is 15.2. The molecule has 0 spiro atoms. The second-order valence-corrected chi connectivity index (χ2v) is 7.81. The predicted molar refractivity (Wildman–Crippen MR) is 106 cm³/mol. The molecule has 6 heteroatoms. The molecule has 2 aromatic carbocycles. The van der Waals surface area contributed by atoms with Crippen molar-refractivity contribution >= 4 is 11.9 Å². The van der Waals surface area contributed by atoms with Gasteiger partial charge in [0, 0.05) is 25.2 Å². The van der Waals surface area contributed by atoms with Crippen LogP contribution in [0.5, 0.6) is 5.75 Å². The molecule has 4 aliphatic rings. The summed E-state index contributed by atoms with van der Waals surface area (Å²) in [5, 5.41) is 19.1. The molecule has 4 fully saturated rings. The van der Waals surface area contributed by atoms with E-state index in [2.05, 4.69) is 44.1 Å². The Hall–Kier alpha value is -2.54. The first kappa shape index (κ1) is 16.6. The Morgan fingerprint density at radius 3 is 2.07 bits per heavy atom. The number of phenolic OH excluding ortho intramolecular Hbond substituents is 1. The number of hydrogen-bond acceptors (Lipinski definition) is 6. The molecule has 138 valence electrons. The van der Waals surface area contributed by atoms with Crippen LogP contribution in [0.1, 0.15) is 11.1 Å². The molecule has 0 atom stereocenters. The summed E-state index contributed by atoms with van der Waals surface area (Å²) in [4.78, 5) is 7.46. The van der Waals surface area contributed by atoms with Crippen molar-refractivity contribution in [1.29, 1.82) is 0 Å². The summed E-state index contributed by atoms with van der Waals surface area (Å²) in [6.07, 6.45) is 1.64. The monoisotopic (exact) mass is 361 g/mol. The minimum absolute atomic E-state index is 0.0355. The molecule has 6 nitrogen and oxygen atoms in total. The number of aromatic hydroxyl groups is 1. The topological polar surface area (TPSA) is 54.7 Å². The van der Waals surface area contributed by atoms with Crippen molar-refractivity contribution in [1.82, 2.24) is 14.7 Å². The molecule has 27 heavy (non-hydrogen) atoms. The van der Waals surface area contributed by atoms with E-state index >= 15 is 0 Å². The van der Waals surface area contributed by atoms with Crippen molar-refractivity contribution < 1.29 is 5.11 Å². The van der Waals surface area contributed by atoms with Gasteiger partial charge in [0.15, 0.2) is 0 Å². The van der Waals surface area contributed by atoms with Gasteiger partial charge in [0.25, 0.3) is 0 Å². The van der Waals surface area contributed by atoms with E-state index in [1.54, 1.807) is 18.3 Å². The Bertz CT molecular complexity index is 857. The van der Waals surface area contributed by atoms with E-state index in [1.165, 1.54) is 0 Å². The van der Waals surface area contributed by atoms with Crippen LogP contribution in [0.25, 0.3) is 0 Å². The average molecular weight is 361 g/mol. The first-order valence-corrected chi connectivity index (χ1v) is 9.34. The Balaban J connectivity index is 1.53. The number of phenols is 1. The summed E-state index contributed by atoms with van der Waals surface area (Å²) < 4.78 is 0. The van der Waals surface area contributed by atoms with Crippen LogP contribution in [-0.4, -0.2) is 71.4 Å². The lowest BCUT2D eigenvalue weighted by Gasteiger charge is -2.60. The third-order valence-corrected chi connectivity index (χ3v) is 5.62. The molecule has 0 aliphatic carbocycles. The van der Waals surface area contributed by atoms with Crippen molar-refractivity contribution in [3.63, 3.8) is 0 Å². The van der Waals surface area contributed by atoms with Crippen molar-refractivity contribution in [3.05, 3.63) is 65.7 Å². The highest BCUT2D eigenvalue weighted by atomic mass is 16.3. The number of rotatable bonds is 4. The zero-order chi connectivity index (χ0) is 18.3. The van der Waals surface area contributed by atoms with E-state index < -0.39 is 0 Å². The summed E-state index contributed by atoms with van der Waals surface area (Å²) >= 11 is 0. The lowest BCUT2D eigenvalue weighted by Crippen LogP contribution is -2.74. The maximum atomic E-state index is 9.96. The van der Waals surface area contributed by atoms with Gasteiger partial charge < -0.3 is 5.11 Å². The van der Waals surface area contributed by atoms with Gasteiger partial charge in [-0.3, -0.25) is 14.7 Å². The summed E-state index contributed by atoms with van der Waals surface area (Å²) in [6.45, 7) is 6.17. The van der Waals surface area contributed by atoms with E-state index in [1.807, 2.05) is 18.2 Å². The maximum absolute atomic E-state index is 9.96. The fourth-order valence-electron chi connectivity index (χ4n) is 4.75. The second-order valence-electron chi connectivity index (χ2n) is 7.81. The molecular formula is C21H23N5O. The van der Waals surface area contributed by atoms with E-state index in [0.29, 0.717) is 5.56 Å². The fraction of sp³-hybridized carbons (Fsp3) is 0.333. The van der Waals surface area contributed by atoms with Crippen LogP contribution in [0.4, 0.5) is 0 Å². The highest BCUT2D eigenvalue weighted by Crippen LogP contribution is 2.38. The molecule has 2 aromatic rings. The summed E-state index contributed by atoms with van der Waals surface area (Å²) in [6, 6.07) is 17.6. The standard InChI is InChI=1S/C21H23N5O/c27-19-9-5-4-8-18(19)10-22-23-20(17-6-2-1-3-7-17)21-11-24-14-25(12-21)16-26(13-21)15-24/h1-10,27H,11-16H2/b22-10+,23-20?. The Labute approximate surface area is 159 Å². The molecule has 4 saturated heterocycles. The Kier molecular flexibility index (Phi) is 4.04. The van der Waals surface area contributed by atoms with Crippen LogP contribution < -0.4 is 0 Å². The zero-order valence-corrected chi connectivity index (χ0v) is 15.2. The van der Waals surface area contributed by atoms with Crippen LogP contribution in [0, 0.1) is 5.41 Å². The van der Waals surface area contributed by atoms with Gasteiger partial charge in [-0.25, -0.2) is 0 Å². The predicted octanol–water partition coefficient (Wildman–Crippen LogP) is 2.02. The highest BCUT2D eigenvalue weighted by molar-refractivity contribution is 6.05. The molecule has 4 heterocycles. The van der Waals surface area contributed by atoms with Gasteiger partial charge in [-0.05, 0) is 17.7 Å². The van der Waals surface area contributed by atoms with Crippen LogP contribution in [0.15, 0.2) is 64.8 Å². The second kappa shape index (κ2) is 6.56. The van der Waals surface area contributed by atoms with Gasteiger partial charge in [0.2, 0.25) is 0 Å². The summed E-state index contributed by atoms with van der Waals surface area (Å²) in [7, 11) is 0. The molecule has 4 aliphatic heterocycles. The smallest absolute Gasteiger partial charge is 0.124 e. The normalized spacial score (nSPS) is 32.3. The van der Waals surface area contributed by atoms with Crippen molar-refractivity contribution in [2.45, 2.75) is 0 Å². The average Bonchev–Trinajstić information content (AvgIpc) is 2.66. The SMILES string of the molecule is Oc1ccccc1/C=N/N=C(c1ccccc1)C12CN3CN(CN(C3)C1)C2. The number of hydrogen-bond donors (Lipinski definition) is 1. The third kappa shape index (κ3) is 3.06. The van der Waals surface area contributed by atoms with E-state index in [-0.39, 0.29) is 11.2 Å². The molecule has 0 unspecified atom stereocenters. The quantitative estimate of drug-likeness (QED) is 0.669. The van der Waals surface area contributed by atoms with Gasteiger partial charge in [-0.2, -0.15) is 10.2 Å². The van der Waals surface area contributed by atoms with Gasteiger partial charge in [-0.15, -0.1) is 0 Å². The lowest BCUT2D eigenvalue weighted by atomic mass is 9.74. The third-order valence-electron chi connectivity index (χ3n) is 5.62. The van der Waals surface area contributed by atoms with Gasteiger partial charge >= 0.3 is 0 Å². The number of benzene rings is 2. The van der Waals surface area contributed by atoms with Gasteiger partial charge in [0.1, 0.15) is 5.75 Å².